The molecule has 0 heterocycles. The van der Waals surface area contributed by atoms with Crippen LogP contribution in [0.3, 0.4) is 0 Å². The predicted molar refractivity (Wildman–Crippen MR) is 67.5 cm³/mol. The molecule has 1 aliphatic carbocycles. The van der Waals surface area contributed by atoms with E-state index in [2.05, 4.69) is 15.9 Å². The highest BCUT2D eigenvalue weighted by atomic mass is 79.9. The van der Waals surface area contributed by atoms with E-state index in [1.54, 1.807) is 18.2 Å². The van der Waals surface area contributed by atoms with Crippen LogP contribution in [-0.2, 0) is 4.79 Å². The number of halogens is 4. The number of aliphatic carboxylic acids is 1. The average molecular weight is 344 g/mol. The first-order chi connectivity index (χ1) is 7.35. The molecule has 6 heteroatoms. The maximum atomic E-state index is 10.9. The molecule has 0 aromatic heterocycles. The molecule has 0 bridgehead atoms. The van der Waals surface area contributed by atoms with Crippen molar-refractivity contribution in [3.63, 3.8) is 0 Å². The summed E-state index contributed by atoms with van der Waals surface area (Å²) < 4.78 is -0.483. The average Bonchev–Trinajstić information content (AvgIpc) is 2.74. The van der Waals surface area contributed by atoms with Gasteiger partial charge in [-0.2, -0.15) is 0 Å². The zero-order valence-corrected chi connectivity index (χ0v) is 11.6. The lowest BCUT2D eigenvalue weighted by Crippen LogP contribution is -2.03. The summed E-state index contributed by atoms with van der Waals surface area (Å²) in [7, 11) is 0. The number of hydrogen-bond donors (Lipinski definition) is 1. The summed E-state index contributed by atoms with van der Waals surface area (Å²) in [5.41, 5.74) is 0.741. The van der Waals surface area contributed by atoms with Crippen molar-refractivity contribution in [3.8, 4) is 0 Å². The van der Waals surface area contributed by atoms with E-state index < -0.39 is 22.1 Å². The highest BCUT2D eigenvalue weighted by Gasteiger charge is 2.68. The molecule has 0 aliphatic heterocycles. The Hall–Kier alpha value is 0.0400. The first-order valence-corrected chi connectivity index (χ1v) is 6.34. The topological polar surface area (TPSA) is 37.3 Å². The van der Waals surface area contributed by atoms with E-state index in [0.717, 1.165) is 10.0 Å². The Morgan fingerprint density at radius 1 is 1.44 bits per heavy atom. The Bertz CT molecular complexity index is 461. The Kier molecular flexibility index (Phi) is 3.17. The van der Waals surface area contributed by atoms with Gasteiger partial charge in [0.05, 0.1) is 10.9 Å². The van der Waals surface area contributed by atoms with Crippen molar-refractivity contribution in [1.82, 2.24) is 0 Å². The van der Waals surface area contributed by atoms with Crippen molar-refractivity contribution in [2.45, 2.75) is 10.3 Å². The van der Waals surface area contributed by atoms with Crippen molar-refractivity contribution in [1.29, 1.82) is 0 Å². The van der Waals surface area contributed by atoms with Gasteiger partial charge in [0.2, 0.25) is 0 Å². The van der Waals surface area contributed by atoms with Gasteiger partial charge in [0.1, 0.15) is 4.33 Å². The van der Waals surface area contributed by atoms with E-state index in [1.807, 2.05) is 0 Å². The van der Waals surface area contributed by atoms with Crippen molar-refractivity contribution >= 4 is 56.7 Å². The van der Waals surface area contributed by atoms with Crippen LogP contribution in [0.1, 0.15) is 11.5 Å². The number of carboxylic acids is 1. The molecular formula is C10H6BrCl3O2. The van der Waals surface area contributed by atoms with Gasteiger partial charge in [0.25, 0.3) is 0 Å². The summed E-state index contributed by atoms with van der Waals surface area (Å²) in [5.74, 6) is -2.17. The monoisotopic (exact) mass is 342 g/mol. The number of carboxylic acid groups (broad SMARTS) is 1. The van der Waals surface area contributed by atoms with Gasteiger partial charge >= 0.3 is 5.97 Å². The zero-order valence-electron chi connectivity index (χ0n) is 7.75. The van der Waals surface area contributed by atoms with Gasteiger partial charge in [0, 0.05) is 10.4 Å². The molecule has 2 atom stereocenters. The smallest absolute Gasteiger partial charge is 0.310 e. The van der Waals surface area contributed by atoms with E-state index in [9.17, 15) is 4.79 Å². The Morgan fingerprint density at radius 2 is 2.06 bits per heavy atom. The van der Waals surface area contributed by atoms with Crippen LogP contribution < -0.4 is 0 Å². The van der Waals surface area contributed by atoms with E-state index in [-0.39, 0.29) is 0 Å². The van der Waals surface area contributed by atoms with E-state index >= 15 is 0 Å². The van der Waals surface area contributed by atoms with Crippen LogP contribution in [0.25, 0.3) is 0 Å². The van der Waals surface area contributed by atoms with Gasteiger partial charge in [-0.3, -0.25) is 4.79 Å². The summed E-state index contributed by atoms with van der Waals surface area (Å²) in [4.78, 5) is 10.9. The Morgan fingerprint density at radius 3 is 2.50 bits per heavy atom. The SMILES string of the molecule is O=C(O)C1C(c2ccc(Br)c(Cl)c2)C1(Cl)Cl. The molecule has 2 nitrogen and oxygen atoms in total. The quantitative estimate of drug-likeness (QED) is 0.821. The number of rotatable bonds is 2. The lowest BCUT2D eigenvalue weighted by Gasteiger charge is -2.02. The van der Waals surface area contributed by atoms with E-state index in [1.165, 1.54) is 0 Å². The second kappa shape index (κ2) is 4.05. The lowest BCUT2D eigenvalue weighted by molar-refractivity contribution is -0.138. The number of hydrogen-bond acceptors (Lipinski definition) is 1. The van der Waals surface area contributed by atoms with Gasteiger partial charge in [-0.15, -0.1) is 0 Å². The first-order valence-electron chi connectivity index (χ1n) is 4.41. The molecule has 16 heavy (non-hydrogen) atoms. The third-order valence-corrected chi connectivity index (χ3v) is 4.80. The summed E-state index contributed by atoms with van der Waals surface area (Å²) in [5, 5.41) is 9.45. The molecule has 2 unspecified atom stereocenters. The standard InChI is InChI=1S/C10H6BrCl3O2/c11-5-2-1-4(3-6(5)12)7-8(9(15)16)10(7,13)14/h1-3,7-8H,(H,15,16). The van der Waals surface area contributed by atoms with Gasteiger partial charge in [-0.25, -0.2) is 0 Å². The number of alkyl halides is 2. The normalized spacial score (nSPS) is 26.5. The molecule has 2 rings (SSSR count). The second-order valence-corrected chi connectivity index (χ2v) is 6.35. The highest BCUT2D eigenvalue weighted by molar-refractivity contribution is 9.10. The van der Waals surface area contributed by atoms with E-state index in [0.29, 0.717) is 5.02 Å². The summed E-state index contributed by atoms with van der Waals surface area (Å²) in [6.07, 6.45) is 0. The maximum Gasteiger partial charge on any atom is 0.310 e. The predicted octanol–water partition coefficient (Wildman–Crippen LogP) is 4.07. The van der Waals surface area contributed by atoms with Gasteiger partial charge < -0.3 is 5.11 Å². The molecular weight excluding hydrogens is 338 g/mol. The third kappa shape index (κ3) is 1.94. The van der Waals surface area contributed by atoms with Crippen LogP contribution in [0.4, 0.5) is 0 Å². The van der Waals surface area contributed by atoms with Crippen LogP contribution in [-0.4, -0.2) is 15.4 Å². The molecule has 0 spiro atoms. The number of benzene rings is 1. The molecule has 1 aromatic carbocycles. The minimum atomic E-state index is -1.23. The Balaban J connectivity index is 2.33. The van der Waals surface area contributed by atoms with Gasteiger partial charge in [-0.1, -0.05) is 40.9 Å². The van der Waals surface area contributed by atoms with Crippen molar-refractivity contribution in [2.24, 2.45) is 5.92 Å². The molecule has 86 valence electrons. The van der Waals surface area contributed by atoms with Gasteiger partial charge in [0.15, 0.2) is 0 Å². The fourth-order valence-corrected chi connectivity index (χ4v) is 3.01. The second-order valence-electron chi connectivity index (χ2n) is 3.64. The van der Waals surface area contributed by atoms with Crippen molar-refractivity contribution < 1.29 is 9.90 Å². The Labute approximate surface area is 116 Å². The summed E-state index contributed by atoms with van der Waals surface area (Å²) >= 11 is 21.0. The minimum Gasteiger partial charge on any atom is -0.481 e. The third-order valence-electron chi connectivity index (χ3n) is 2.62. The molecule has 1 aliphatic rings. The zero-order chi connectivity index (χ0) is 12.1. The minimum absolute atomic E-state index is 0.404. The summed E-state index contributed by atoms with van der Waals surface area (Å²) in [6.45, 7) is 0. The fourth-order valence-electron chi connectivity index (χ4n) is 1.75. The molecule has 0 radical (unpaired) electrons. The molecule has 0 amide bonds. The fraction of sp³-hybridized carbons (Fsp3) is 0.300. The molecule has 1 saturated carbocycles. The van der Waals surface area contributed by atoms with Crippen LogP contribution in [0.15, 0.2) is 22.7 Å². The number of carbonyl (C=O) groups is 1. The van der Waals surface area contributed by atoms with Crippen LogP contribution in [0.2, 0.25) is 5.02 Å². The van der Waals surface area contributed by atoms with E-state index in [4.69, 9.17) is 39.9 Å². The van der Waals surface area contributed by atoms with Crippen LogP contribution in [0, 0.1) is 5.92 Å². The largest absolute Gasteiger partial charge is 0.481 e. The van der Waals surface area contributed by atoms with Crippen molar-refractivity contribution in [2.75, 3.05) is 0 Å². The first kappa shape index (κ1) is 12.5. The van der Waals surface area contributed by atoms with Crippen LogP contribution in [0.5, 0.6) is 0 Å². The highest BCUT2D eigenvalue weighted by Crippen LogP contribution is 2.65. The molecule has 1 N–H and O–H groups in total. The molecule has 0 saturated heterocycles. The van der Waals surface area contributed by atoms with Crippen molar-refractivity contribution in [3.05, 3.63) is 33.3 Å². The molecule has 1 aromatic rings. The summed E-state index contributed by atoms with van der Waals surface area (Å²) in [6, 6.07) is 5.20. The van der Waals surface area contributed by atoms with Crippen LogP contribution >= 0.6 is 50.7 Å². The molecule has 1 fully saturated rings. The van der Waals surface area contributed by atoms with Gasteiger partial charge in [-0.05, 0) is 33.6 Å². The lowest BCUT2D eigenvalue weighted by atomic mass is 10.1. The maximum absolute atomic E-state index is 10.9.